The van der Waals surface area contributed by atoms with Crippen LogP contribution in [0.25, 0.3) is 0 Å². The number of carbonyl (C=O) groups is 1. The van der Waals surface area contributed by atoms with Crippen LogP contribution in [0.2, 0.25) is 0 Å². The van der Waals surface area contributed by atoms with Gasteiger partial charge in [-0.05, 0) is 31.5 Å². The molecule has 19 heavy (non-hydrogen) atoms. The summed E-state index contributed by atoms with van der Waals surface area (Å²) >= 11 is 5.58. The summed E-state index contributed by atoms with van der Waals surface area (Å²) in [6.07, 6.45) is 0. The number of aryl methyl sites for hydroxylation is 1. The van der Waals surface area contributed by atoms with E-state index < -0.39 is 0 Å². The van der Waals surface area contributed by atoms with Gasteiger partial charge in [-0.2, -0.15) is 0 Å². The summed E-state index contributed by atoms with van der Waals surface area (Å²) in [7, 11) is 1.69. The number of amides is 1. The molecule has 5 heteroatoms. The number of hydrogen-bond donors (Lipinski definition) is 0. The van der Waals surface area contributed by atoms with Crippen LogP contribution in [-0.4, -0.2) is 38.7 Å². The van der Waals surface area contributed by atoms with Crippen molar-refractivity contribution < 1.29 is 14.3 Å². The third-order valence-electron chi connectivity index (χ3n) is 2.65. The smallest absolute Gasteiger partial charge is 0.241 e. The molecular formula is C14H20ClNO3. The summed E-state index contributed by atoms with van der Waals surface area (Å²) in [6, 6.07) is 5.70. The minimum Gasteiger partial charge on any atom is -0.489 e. The van der Waals surface area contributed by atoms with Crippen LogP contribution in [0.15, 0.2) is 18.2 Å². The highest BCUT2D eigenvalue weighted by Crippen LogP contribution is 2.29. The van der Waals surface area contributed by atoms with Gasteiger partial charge >= 0.3 is 0 Å². The van der Waals surface area contributed by atoms with Crippen molar-refractivity contribution in [2.45, 2.75) is 13.8 Å². The highest BCUT2D eigenvalue weighted by molar-refractivity contribution is 6.29. The molecule has 0 aliphatic heterocycles. The molecular weight excluding hydrogens is 266 g/mol. The van der Waals surface area contributed by atoms with E-state index in [2.05, 4.69) is 0 Å². The van der Waals surface area contributed by atoms with E-state index in [-0.39, 0.29) is 11.8 Å². The Bertz CT molecular complexity index is 423. The lowest BCUT2D eigenvalue weighted by atomic mass is 10.2. The summed E-state index contributed by atoms with van der Waals surface area (Å²) in [4.78, 5) is 13.2. The molecule has 1 aromatic carbocycles. The summed E-state index contributed by atoms with van der Waals surface area (Å²) in [6.45, 7) is 5.54. The molecule has 4 nitrogen and oxygen atoms in total. The Morgan fingerprint density at radius 1 is 1.37 bits per heavy atom. The van der Waals surface area contributed by atoms with Crippen LogP contribution in [-0.2, 0) is 9.53 Å². The maximum absolute atomic E-state index is 11.7. The van der Waals surface area contributed by atoms with Gasteiger partial charge in [0.25, 0.3) is 0 Å². The van der Waals surface area contributed by atoms with E-state index in [1.807, 2.05) is 32.0 Å². The molecule has 0 unspecified atom stereocenters. The monoisotopic (exact) mass is 285 g/mol. The lowest BCUT2D eigenvalue weighted by Crippen LogP contribution is -2.28. The number of benzene rings is 1. The number of hydrogen-bond acceptors (Lipinski definition) is 3. The molecule has 0 saturated heterocycles. The van der Waals surface area contributed by atoms with Crippen LogP contribution < -0.4 is 9.64 Å². The molecule has 0 atom stereocenters. The third kappa shape index (κ3) is 4.73. The summed E-state index contributed by atoms with van der Waals surface area (Å²) in [5.41, 5.74) is 1.78. The molecule has 0 bridgehead atoms. The van der Waals surface area contributed by atoms with Crippen molar-refractivity contribution in [3.63, 3.8) is 0 Å². The minimum atomic E-state index is -0.165. The van der Waals surface area contributed by atoms with Crippen molar-refractivity contribution in [1.82, 2.24) is 0 Å². The molecule has 0 N–H and O–H groups in total. The third-order valence-corrected chi connectivity index (χ3v) is 2.88. The Hall–Kier alpha value is -1.26. The van der Waals surface area contributed by atoms with Crippen molar-refractivity contribution in [1.29, 1.82) is 0 Å². The summed E-state index contributed by atoms with van der Waals surface area (Å²) in [5, 5.41) is 0. The van der Waals surface area contributed by atoms with E-state index in [0.717, 1.165) is 11.3 Å². The zero-order chi connectivity index (χ0) is 14.3. The predicted molar refractivity (Wildman–Crippen MR) is 77.3 cm³/mol. The van der Waals surface area contributed by atoms with E-state index >= 15 is 0 Å². The number of carbonyl (C=O) groups excluding carboxylic acids is 1. The van der Waals surface area contributed by atoms with Gasteiger partial charge in [0.05, 0.1) is 12.3 Å². The van der Waals surface area contributed by atoms with E-state index in [0.29, 0.717) is 25.6 Å². The maximum atomic E-state index is 11.7. The quantitative estimate of drug-likeness (QED) is 0.571. The number of alkyl halides is 1. The predicted octanol–water partition coefficient (Wildman–Crippen LogP) is 2.61. The zero-order valence-corrected chi connectivity index (χ0v) is 12.4. The maximum Gasteiger partial charge on any atom is 0.241 e. The van der Waals surface area contributed by atoms with Gasteiger partial charge in [-0.25, -0.2) is 0 Å². The fraction of sp³-hybridized carbons (Fsp3) is 0.500. The van der Waals surface area contributed by atoms with E-state index in [1.165, 1.54) is 4.90 Å². The largest absolute Gasteiger partial charge is 0.489 e. The second-order valence-electron chi connectivity index (χ2n) is 4.10. The number of ether oxygens (including phenoxy) is 2. The average Bonchev–Trinajstić information content (AvgIpc) is 2.43. The summed E-state index contributed by atoms with van der Waals surface area (Å²) in [5.74, 6) is 0.441. The van der Waals surface area contributed by atoms with Crippen LogP contribution in [0.4, 0.5) is 5.69 Å². The van der Waals surface area contributed by atoms with Gasteiger partial charge in [-0.3, -0.25) is 4.79 Å². The van der Waals surface area contributed by atoms with Crippen molar-refractivity contribution in [3.8, 4) is 5.75 Å². The molecule has 1 amide bonds. The average molecular weight is 286 g/mol. The molecule has 0 aliphatic rings. The molecule has 0 aliphatic carbocycles. The SMILES string of the molecule is CCOCCOc1ccc(C)cc1N(C)C(=O)CCl. The minimum absolute atomic E-state index is 0.0528. The Morgan fingerprint density at radius 3 is 2.74 bits per heavy atom. The highest BCUT2D eigenvalue weighted by atomic mass is 35.5. The van der Waals surface area contributed by atoms with Gasteiger partial charge in [0, 0.05) is 13.7 Å². The van der Waals surface area contributed by atoms with Crippen LogP contribution in [0.5, 0.6) is 5.75 Å². The van der Waals surface area contributed by atoms with Gasteiger partial charge in [-0.15, -0.1) is 11.6 Å². The van der Waals surface area contributed by atoms with Gasteiger partial charge in [0.15, 0.2) is 0 Å². The Kier molecular flexibility index (Phi) is 6.67. The molecule has 106 valence electrons. The van der Waals surface area contributed by atoms with Crippen molar-refractivity contribution in [2.75, 3.05) is 37.6 Å². The van der Waals surface area contributed by atoms with E-state index in [4.69, 9.17) is 21.1 Å². The van der Waals surface area contributed by atoms with Crippen LogP contribution in [0.1, 0.15) is 12.5 Å². The lowest BCUT2D eigenvalue weighted by molar-refractivity contribution is -0.116. The normalized spacial score (nSPS) is 10.3. The Labute approximate surface area is 119 Å². The standard InChI is InChI=1S/C14H20ClNO3/c1-4-18-7-8-19-13-6-5-11(2)9-12(13)16(3)14(17)10-15/h5-6,9H,4,7-8,10H2,1-3H3. The van der Waals surface area contributed by atoms with E-state index in [1.54, 1.807) is 7.05 Å². The molecule has 1 rings (SSSR count). The van der Waals surface area contributed by atoms with Crippen LogP contribution in [0.3, 0.4) is 0 Å². The van der Waals surface area contributed by atoms with Gasteiger partial charge in [0.1, 0.15) is 18.2 Å². The first-order valence-corrected chi connectivity index (χ1v) is 6.77. The summed E-state index contributed by atoms with van der Waals surface area (Å²) < 4.78 is 10.9. The van der Waals surface area contributed by atoms with Gasteiger partial charge in [-0.1, -0.05) is 6.07 Å². The van der Waals surface area contributed by atoms with Crippen LogP contribution in [0, 0.1) is 6.92 Å². The Balaban J connectivity index is 2.82. The van der Waals surface area contributed by atoms with Crippen LogP contribution >= 0.6 is 11.6 Å². The number of halogens is 1. The molecule has 0 fully saturated rings. The highest BCUT2D eigenvalue weighted by Gasteiger charge is 2.14. The zero-order valence-electron chi connectivity index (χ0n) is 11.6. The fourth-order valence-corrected chi connectivity index (χ4v) is 1.77. The first-order chi connectivity index (χ1) is 9.10. The fourth-order valence-electron chi connectivity index (χ4n) is 1.59. The lowest BCUT2D eigenvalue weighted by Gasteiger charge is -2.20. The molecule has 0 radical (unpaired) electrons. The van der Waals surface area contributed by atoms with E-state index in [9.17, 15) is 4.79 Å². The molecule has 0 saturated carbocycles. The second-order valence-corrected chi connectivity index (χ2v) is 4.37. The second kappa shape index (κ2) is 8.02. The molecule has 0 spiro atoms. The van der Waals surface area contributed by atoms with Crippen molar-refractivity contribution in [2.24, 2.45) is 0 Å². The Morgan fingerprint density at radius 2 is 2.11 bits per heavy atom. The van der Waals surface area contributed by atoms with Gasteiger partial charge < -0.3 is 14.4 Å². The first-order valence-electron chi connectivity index (χ1n) is 6.23. The topological polar surface area (TPSA) is 38.8 Å². The number of rotatable bonds is 7. The van der Waals surface area contributed by atoms with Crippen molar-refractivity contribution >= 4 is 23.2 Å². The molecule has 1 aromatic rings. The number of anilines is 1. The van der Waals surface area contributed by atoms with Crippen molar-refractivity contribution in [3.05, 3.63) is 23.8 Å². The molecule has 0 aromatic heterocycles. The first kappa shape index (κ1) is 15.8. The number of nitrogens with zero attached hydrogens (tertiary/aromatic N) is 1. The van der Waals surface area contributed by atoms with Gasteiger partial charge in [0.2, 0.25) is 5.91 Å². The molecule has 0 heterocycles.